The van der Waals surface area contributed by atoms with Crippen LogP contribution in [0.15, 0.2) is 12.4 Å². The summed E-state index contributed by atoms with van der Waals surface area (Å²) in [6, 6.07) is 0. The minimum atomic E-state index is -0.130. The van der Waals surface area contributed by atoms with Crippen molar-refractivity contribution in [3.8, 4) is 0 Å². The van der Waals surface area contributed by atoms with E-state index in [-0.39, 0.29) is 5.41 Å². The van der Waals surface area contributed by atoms with Gasteiger partial charge in [0.1, 0.15) is 6.29 Å². The minimum Gasteiger partial charge on any atom is -0.303 e. The summed E-state index contributed by atoms with van der Waals surface area (Å²) in [7, 11) is 4.02. The number of aldehydes is 1. The Morgan fingerprint density at radius 2 is 2.42 bits per heavy atom. The van der Waals surface area contributed by atoms with Crippen molar-refractivity contribution in [3.63, 3.8) is 0 Å². The van der Waals surface area contributed by atoms with Crippen LogP contribution >= 0.6 is 0 Å². The Bertz CT molecular complexity index is 429. The molecule has 19 heavy (non-hydrogen) atoms. The summed E-state index contributed by atoms with van der Waals surface area (Å²) in [5.74, 6) is 0.672. The third-order valence-electron chi connectivity index (χ3n) is 4.17. The second-order valence-corrected chi connectivity index (χ2v) is 6.38. The summed E-state index contributed by atoms with van der Waals surface area (Å²) in [4.78, 5) is 13.8. The first-order valence-corrected chi connectivity index (χ1v) is 7.15. The van der Waals surface area contributed by atoms with Gasteiger partial charge in [0.15, 0.2) is 0 Å². The second-order valence-electron chi connectivity index (χ2n) is 6.38. The normalized spacial score (nSPS) is 27.7. The van der Waals surface area contributed by atoms with Gasteiger partial charge in [-0.25, -0.2) is 0 Å². The van der Waals surface area contributed by atoms with Crippen molar-refractivity contribution in [1.29, 1.82) is 0 Å². The highest BCUT2D eigenvalue weighted by molar-refractivity contribution is 5.60. The second kappa shape index (κ2) is 5.87. The smallest absolute Gasteiger partial charge is 0.127 e. The molecule has 0 radical (unpaired) electrons. The van der Waals surface area contributed by atoms with Crippen LogP contribution in [0.4, 0.5) is 0 Å². The number of aromatic nitrogens is 2. The summed E-state index contributed by atoms with van der Waals surface area (Å²) >= 11 is 0. The van der Waals surface area contributed by atoms with E-state index in [1.807, 2.05) is 24.1 Å². The zero-order valence-corrected chi connectivity index (χ0v) is 12.3. The lowest BCUT2D eigenvalue weighted by Gasteiger charge is -2.38. The van der Waals surface area contributed by atoms with Crippen LogP contribution in [0.5, 0.6) is 0 Å². The van der Waals surface area contributed by atoms with Crippen molar-refractivity contribution < 1.29 is 4.79 Å². The topological polar surface area (TPSA) is 38.1 Å². The molecule has 1 aromatic heterocycles. The molecule has 0 N–H and O–H groups in total. The number of aryl methyl sites for hydroxylation is 1. The van der Waals surface area contributed by atoms with E-state index in [1.54, 1.807) is 0 Å². The number of rotatable bonds is 5. The average Bonchev–Trinajstić information content (AvgIpc) is 2.74. The van der Waals surface area contributed by atoms with Gasteiger partial charge in [0.25, 0.3) is 0 Å². The van der Waals surface area contributed by atoms with Crippen LogP contribution in [-0.4, -0.2) is 34.6 Å². The fraction of sp³-hybridized carbons (Fsp3) is 0.733. The van der Waals surface area contributed by atoms with E-state index in [9.17, 15) is 4.79 Å². The van der Waals surface area contributed by atoms with Crippen LogP contribution in [0.3, 0.4) is 0 Å². The van der Waals surface area contributed by atoms with E-state index in [2.05, 4.69) is 24.0 Å². The standard InChI is InChI=1S/C15H25N3O/c1-13-5-4-6-15(7-13,12-19)11-17(2)9-14-8-16-18(3)10-14/h8,10,12-13H,4-7,9,11H2,1-3H3. The maximum Gasteiger partial charge on any atom is 0.127 e. The van der Waals surface area contributed by atoms with Crippen molar-refractivity contribution in [3.05, 3.63) is 18.0 Å². The summed E-state index contributed by atoms with van der Waals surface area (Å²) in [6.45, 7) is 3.98. The number of hydrogen-bond donors (Lipinski definition) is 0. The molecule has 0 amide bonds. The Morgan fingerprint density at radius 3 is 3.00 bits per heavy atom. The molecule has 1 heterocycles. The van der Waals surface area contributed by atoms with Crippen molar-refractivity contribution in [1.82, 2.24) is 14.7 Å². The van der Waals surface area contributed by atoms with E-state index in [0.717, 1.165) is 25.9 Å². The van der Waals surface area contributed by atoms with Crippen LogP contribution in [0.25, 0.3) is 0 Å². The van der Waals surface area contributed by atoms with Gasteiger partial charge in [-0.15, -0.1) is 0 Å². The average molecular weight is 263 g/mol. The third kappa shape index (κ3) is 3.66. The summed E-state index contributed by atoms with van der Waals surface area (Å²) in [6.07, 6.45) is 9.66. The Morgan fingerprint density at radius 1 is 1.63 bits per heavy atom. The van der Waals surface area contributed by atoms with E-state index >= 15 is 0 Å². The molecule has 2 unspecified atom stereocenters. The first kappa shape index (κ1) is 14.3. The van der Waals surface area contributed by atoms with E-state index in [4.69, 9.17) is 0 Å². The van der Waals surface area contributed by atoms with Crippen LogP contribution in [0, 0.1) is 11.3 Å². The highest BCUT2D eigenvalue weighted by Crippen LogP contribution is 2.38. The van der Waals surface area contributed by atoms with Gasteiger partial charge in [-0.3, -0.25) is 4.68 Å². The largest absolute Gasteiger partial charge is 0.303 e. The fourth-order valence-electron chi connectivity index (χ4n) is 3.45. The predicted octanol–water partition coefficient (Wildman–Crippen LogP) is 2.25. The maximum absolute atomic E-state index is 11.6. The molecule has 0 bridgehead atoms. The molecule has 1 aliphatic carbocycles. The minimum absolute atomic E-state index is 0.130. The highest BCUT2D eigenvalue weighted by atomic mass is 16.1. The van der Waals surface area contributed by atoms with E-state index in [0.29, 0.717) is 5.92 Å². The summed E-state index contributed by atoms with van der Waals surface area (Å²) in [5.41, 5.74) is 1.07. The number of carbonyl (C=O) groups excluding carboxylic acids is 1. The number of nitrogens with zero attached hydrogens (tertiary/aromatic N) is 3. The molecule has 1 aliphatic rings. The van der Waals surface area contributed by atoms with Gasteiger partial charge in [0, 0.05) is 37.3 Å². The fourth-order valence-corrected chi connectivity index (χ4v) is 3.45. The summed E-state index contributed by atoms with van der Waals surface area (Å²) in [5, 5.41) is 4.19. The monoisotopic (exact) mass is 263 g/mol. The van der Waals surface area contributed by atoms with Gasteiger partial charge in [0.2, 0.25) is 0 Å². The molecule has 0 spiro atoms. The molecule has 106 valence electrons. The van der Waals surface area contributed by atoms with Gasteiger partial charge in [-0.05, 0) is 25.8 Å². The van der Waals surface area contributed by atoms with Gasteiger partial charge in [0.05, 0.1) is 6.20 Å². The van der Waals surface area contributed by atoms with Gasteiger partial charge >= 0.3 is 0 Å². The number of hydrogen-bond acceptors (Lipinski definition) is 3. The summed E-state index contributed by atoms with van der Waals surface area (Å²) < 4.78 is 1.82. The molecule has 1 fully saturated rings. The lowest BCUT2D eigenvalue weighted by molar-refractivity contribution is -0.119. The van der Waals surface area contributed by atoms with Gasteiger partial charge < -0.3 is 9.69 Å². The predicted molar refractivity (Wildman–Crippen MR) is 75.7 cm³/mol. The van der Waals surface area contributed by atoms with Crippen molar-refractivity contribution in [2.45, 2.75) is 39.2 Å². The lowest BCUT2D eigenvalue weighted by Crippen LogP contribution is -2.40. The molecule has 1 saturated carbocycles. The molecular weight excluding hydrogens is 238 g/mol. The van der Waals surface area contributed by atoms with Crippen molar-refractivity contribution >= 4 is 6.29 Å². The molecule has 0 saturated heterocycles. The molecule has 0 aliphatic heterocycles. The molecule has 0 aromatic carbocycles. The maximum atomic E-state index is 11.6. The Balaban J connectivity index is 1.95. The molecule has 1 aromatic rings. The SMILES string of the molecule is CC1CCCC(C=O)(CN(C)Cc2cnn(C)c2)C1. The molecule has 4 nitrogen and oxygen atoms in total. The molecule has 2 rings (SSSR count). The van der Waals surface area contributed by atoms with Crippen molar-refractivity contribution in [2.24, 2.45) is 18.4 Å². The Labute approximate surface area is 115 Å². The first-order valence-electron chi connectivity index (χ1n) is 7.15. The van der Waals surface area contributed by atoms with Crippen LogP contribution < -0.4 is 0 Å². The van der Waals surface area contributed by atoms with Crippen LogP contribution in [-0.2, 0) is 18.4 Å². The molecule has 2 atom stereocenters. The first-order chi connectivity index (χ1) is 9.03. The van der Waals surface area contributed by atoms with Crippen LogP contribution in [0.1, 0.15) is 38.2 Å². The molecule has 4 heteroatoms. The Kier molecular flexibility index (Phi) is 4.40. The third-order valence-corrected chi connectivity index (χ3v) is 4.17. The van der Waals surface area contributed by atoms with Crippen LogP contribution in [0.2, 0.25) is 0 Å². The van der Waals surface area contributed by atoms with E-state index in [1.165, 1.54) is 24.7 Å². The van der Waals surface area contributed by atoms with Crippen molar-refractivity contribution in [2.75, 3.05) is 13.6 Å². The van der Waals surface area contributed by atoms with Gasteiger partial charge in [-0.1, -0.05) is 19.8 Å². The Hall–Kier alpha value is -1.16. The number of carbonyl (C=O) groups is 1. The quantitative estimate of drug-likeness (QED) is 0.765. The highest BCUT2D eigenvalue weighted by Gasteiger charge is 2.35. The lowest BCUT2D eigenvalue weighted by atomic mass is 9.71. The zero-order chi connectivity index (χ0) is 13.9. The van der Waals surface area contributed by atoms with E-state index < -0.39 is 0 Å². The van der Waals surface area contributed by atoms with Gasteiger partial charge in [-0.2, -0.15) is 5.10 Å². The zero-order valence-electron chi connectivity index (χ0n) is 12.3. The molecular formula is C15H25N3O.